The molecule has 0 aromatic carbocycles. The summed E-state index contributed by atoms with van der Waals surface area (Å²) in [5.74, 6) is 1.07. The lowest BCUT2D eigenvalue weighted by atomic mass is 9.75. The minimum Gasteiger partial charge on any atom is -0.300 e. The van der Waals surface area contributed by atoms with Gasteiger partial charge in [0.2, 0.25) is 0 Å². The molecule has 1 aromatic heterocycles. The SMILES string of the molecule is CC(C)Cn1c(C2(C)CCCCC2)nnc1S(=O)(=O)Cl. The number of hydrogen-bond acceptors (Lipinski definition) is 4. The second-order valence-electron chi connectivity index (χ2n) is 6.37. The van der Waals surface area contributed by atoms with E-state index >= 15 is 0 Å². The molecule has 0 radical (unpaired) electrons. The van der Waals surface area contributed by atoms with Crippen LogP contribution >= 0.6 is 10.7 Å². The molecule has 0 N–H and O–H groups in total. The fourth-order valence-corrected chi connectivity index (χ4v) is 3.91. The molecule has 1 aromatic rings. The van der Waals surface area contributed by atoms with Crippen LogP contribution in [0.5, 0.6) is 0 Å². The Balaban J connectivity index is 2.50. The third-order valence-corrected chi connectivity index (χ3v) is 5.13. The highest BCUT2D eigenvalue weighted by Gasteiger charge is 2.36. The smallest absolute Gasteiger partial charge is 0.296 e. The van der Waals surface area contributed by atoms with Crippen molar-refractivity contribution < 1.29 is 8.42 Å². The average Bonchev–Trinajstić information content (AvgIpc) is 2.73. The first-order chi connectivity index (χ1) is 9.24. The number of nitrogens with zero attached hydrogens (tertiary/aromatic N) is 3. The number of hydrogen-bond donors (Lipinski definition) is 0. The standard InChI is InChI=1S/C13H22ClN3O2S/c1-10(2)9-17-11(13(3)7-5-4-6-8-13)15-16-12(17)20(14,18)19/h10H,4-9H2,1-3H3. The Kier molecular flexibility index (Phi) is 4.44. The highest BCUT2D eigenvalue weighted by molar-refractivity contribution is 8.13. The van der Waals surface area contributed by atoms with Gasteiger partial charge in [0, 0.05) is 22.6 Å². The molecule has 2 rings (SSSR count). The molecule has 7 heteroatoms. The Morgan fingerprint density at radius 2 is 1.85 bits per heavy atom. The molecule has 0 aliphatic heterocycles. The van der Waals surface area contributed by atoms with E-state index in [1.54, 1.807) is 4.57 Å². The van der Waals surface area contributed by atoms with E-state index in [0.717, 1.165) is 31.5 Å². The van der Waals surface area contributed by atoms with Gasteiger partial charge in [0.15, 0.2) is 0 Å². The van der Waals surface area contributed by atoms with Crippen LogP contribution in [-0.4, -0.2) is 23.2 Å². The van der Waals surface area contributed by atoms with Crippen molar-refractivity contribution in [3.05, 3.63) is 5.82 Å². The van der Waals surface area contributed by atoms with Crippen LogP contribution in [0.2, 0.25) is 0 Å². The number of rotatable bonds is 4. The minimum atomic E-state index is -3.86. The van der Waals surface area contributed by atoms with Gasteiger partial charge in [-0.25, -0.2) is 8.42 Å². The fraction of sp³-hybridized carbons (Fsp3) is 0.846. The molecule has 0 spiro atoms. The third-order valence-electron chi connectivity index (χ3n) is 3.98. The monoisotopic (exact) mass is 319 g/mol. The van der Waals surface area contributed by atoms with Gasteiger partial charge < -0.3 is 4.57 Å². The summed E-state index contributed by atoms with van der Waals surface area (Å²) in [6.07, 6.45) is 5.56. The first-order valence-electron chi connectivity index (χ1n) is 7.12. The minimum absolute atomic E-state index is 0.0973. The van der Waals surface area contributed by atoms with Crippen molar-refractivity contribution >= 4 is 19.7 Å². The van der Waals surface area contributed by atoms with E-state index in [2.05, 4.69) is 17.1 Å². The molecule has 1 aliphatic carbocycles. The fourth-order valence-electron chi connectivity index (χ4n) is 3.00. The molecule has 114 valence electrons. The summed E-state index contributed by atoms with van der Waals surface area (Å²) >= 11 is 0. The van der Waals surface area contributed by atoms with E-state index in [1.807, 2.05) is 13.8 Å². The molecular formula is C13H22ClN3O2S. The zero-order chi connectivity index (χ0) is 15.0. The molecule has 1 aliphatic rings. The van der Waals surface area contributed by atoms with Crippen LogP contribution in [0.15, 0.2) is 5.16 Å². The van der Waals surface area contributed by atoms with E-state index in [0.29, 0.717) is 12.5 Å². The zero-order valence-corrected chi connectivity index (χ0v) is 13.8. The van der Waals surface area contributed by atoms with Gasteiger partial charge in [0.25, 0.3) is 14.2 Å². The average molecular weight is 320 g/mol. The molecule has 0 saturated heterocycles. The maximum atomic E-state index is 11.7. The van der Waals surface area contributed by atoms with Crippen LogP contribution in [0, 0.1) is 5.92 Å². The van der Waals surface area contributed by atoms with Crippen molar-refractivity contribution in [1.82, 2.24) is 14.8 Å². The molecule has 5 nitrogen and oxygen atoms in total. The van der Waals surface area contributed by atoms with Crippen molar-refractivity contribution in [2.45, 2.75) is 70.0 Å². The summed E-state index contributed by atoms with van der Waals surface area (Å²) in [5.41, 5.74) is -0.0973. The molecule has 0 amide bonds. The van der Waals surface area contributed by atoms with Gasteiger partial charge in [-0.15, -0.1) is 10.2 Å². The van der Waals surface area contributed by atoms with Gasteiger partial charge in [-0.3, -0.25) is 0 Å². The first kappa shape index (κ1) is 15.8. The quantitative estimate of drug-likeness (QED) is 0.800. The van der Waals surface area contributed by atoms with Crippen molar-refractivity contribution in [2.75, 3.05) is 0 Å². The first-order valence-corrected chi connectivity index (χ1v) is 9.43. The second kappa shape index (κ2) is 5.64. The van der Waals surface area contributed by atoms with Gasteiger partial charge in [-0.2, -0.15) is 0 Å². The topological polar surface area (TPSA) is 64.8 Å². The maximum absolute atomic E-state index is 11.7. The summed E-state index contributed by atoms with van der Waals surface area (Å²) in [5, 5.41) is 7.92. The van der Waals surface area contributed by atoms with Crippen LogP contribution in [-0.2, 0) is 21.0 Å². The van der Waals surface area contributed by atoms with Gasteiger partial charge in [0.05, 0.1) is 0 Å². The summed E-state index contributed by atoms with van der Waals surface area (Å²) in [4.78, 5) is 0. The van der Waals surface area contributed by atoms with Gasteiger partial charge >= 0.3 is 0 Å². The highest BCUT2D eigenvalue weighted by Crippen LogP contribution is 2.39. The Labute approximate surface area is 125 Å². The van der Waals surface area contributed by atoms with Gasteiger partial charge in [-0.05, 0) is 18.8 Å². The maximum Gasteiger partial charge on any atom is 0.296 e. The molecule has 1 saturated carbocycles. The molecule has 0 unspecified atom stereocenters. The largest absolute Gasteiger partial charge is 0.300 e. The predicted molar refractivity (Wildman–Crippen MR) is 78.3 cm³/mol. The van der Waals surface area contributed by atoms with Crippen molar-refractivity contribution in [3.63, 3.8) is 0 Å². The highest BCUT2D eigenvalue weighted by atomic mass is 35.7. The van der Waals surface area contributed by atoms with Crippen molar-refractivity contribution in [2.24, 2.45) is 5.92 Å². The van der Waals surface area contributed by atoms with E-state index in [-0.39, 0.29) is 10.6 Å². The molecule has 0 bridgehead atoms. The molecule has 20 heavy (non-hydrogen) atoms. The molecule has 0 atom stereocenters. The van der Waals surface area contributed by atoms with E-state index in [4.69, 9.17) is 10.7 Å². The number of halogens is 1. The van der Waals surface area contributed by atoms with Crippen LogP contribution in [0.1, 0.15) is 58.7 Å². The summed E-state index contributed by atoms with van der Waals surface area (Å²) < 4.78 is 25.1. The molecule has 1 fully saturated rings. The van der Waals surface area contributed by atoms with Crippen LogP contribution < -0.4 is 0 Å². The Bertz CT molecular complexity index is 574. The van der Waals surface area contributed by atoms with Crippen molar-refractivity contribution in [3.8, 4) is 0 Å². The lowest BCUT2D eigenvalue weighted by molar-refractivity contribution is 0.286. The summed E-state index contributed by atoms with van der Waals surface area (Å²) in [6, 6.07) is 0. The van der Waals surface area contributed by atoms with Crippen LogP contribution in [0.4, 0.5) is 0 Å². The lowest BCUT2D eigenvalue weighted by Gasteiger charge is -2.33. The summed E-state index contributed by atoms with van der Waals surface area (Å²) in [6.45, 7) is 6.80. The number of aromatic nitrogens is 3. The van der Waals surface area contributed by atoms with Gasteiger partial charge in [0.1, 0.15) is 5.82 Å². The van der Waals surface area contributed by atoms with Crippen LogP contribution in [0.3, 0.4) is 0 Å². The van der Waals surface area contributed by atoms with E-state index in [1.165, 1.54) is 6.42 Å². The Hall–Kier alpha value is -0.620. The van der Waals surface area contributed by atoms with Crippen LogP contribution in [0.25, 0.3) is 0 Å². The third kappa shape index (κ3) is 3.17. The zero-order valence-electron chi connectivity index (χ0n) is 12.3. The molecular weight excluding hydrogens is 298 g/mol. The summed E-state index contributed by atoms with van der Waals surface area (Å²) in [7, 11) is 1.63. The Morgan fingerprint density at radius 1 is 1.25 bits per heavy atom. The second-order valence-corrected chi connectivity index (χ2v) is 8.83. The predicted octanol–water partition coefficient (Wildman–Crippen LogP) is 3.08. The molecule has 1 heterocycles. The Morgan fingerprint density at radius 3 is 2.35 bits per heavy atom. The lowest BCUT2D eigenvalue weighted by Crippen LogP contribution is -2.30. The normalized spacial score (nSPS) is 19.4. The van der Waals surface area contributed by atoms with Crippen molar-refractivity contribution in [1.29, 1.82) is 0 Å². The van der Waals surface area contributed by atoms with E-state index < -0.39 is 9.05 Å². The van der Waals surface area contributed by atoms with E-state index in [9.17, 15) is 8.42 Å². The van der Waals surface area contributed by atoms with Gasteiger partial charge in [-0.1, -0.05) is 40.0 Å².